The van der Waals surface area contributed by atoms with E-state index in [1.165, 1.54) is 6.07 Å². The van der Waals surface area contributed by atoms with E-state index in [0.717, 1.165) is 24.7 Å². The molecule has 2 fully saturated rings. The molecule has 0 amide bonds. The lowest BCUT2D eigenvalue weighted by Gasteiger charge is -2.19. The van der Waals surface area contributed by atoms with E-state index >= 15 is 0 Å². The van der Waals surface area contributed by atoms with Crippen LogP contribution in [0.4, 0.5) is 4.39 Å². The lowest BCUT2D eigenvalue weighted by molar-refractivity contribution is -0.107. The highest BCUT2D eigenvalue weighted by Gasteiger charge is 2.47. The van der Waals surface area contributed by atoms with Crippen molar-refractivity contribution in [3.05, 3.63) is 29.6 Å². The number of ether oxygens (including phenoxy) is 1. The number of carbonyl (C=O) groups excluding carboxylic acids is 1. The minimum Gasteiger partial charge on any atom is -0.490 e. The van der Waals surface area contributed by atoms with Crippen LogP contribution >= 0.6 is 0 Å². The molecule has 0 saturated heterocycles. The van der Waals surface area contributed by atoms with E-state index in [1.54, 1.807) is 12.1 Å². The number of sulfonamides is 1. The summed E-state index contributed by atoms with van der Waals surface area (Å²) in [6.07, 6.45) is 5.80. The van der Waals surface area contributed by atoms with Crippen molar-refractivity contribution in [1.29, 1.82) is 0 Å². The van der Waals surface area contributed by atoms with Gasteiger partial charge in [-0.1, -0.05) is 6.07 Å². The van der Waals surface area contributed by atoms with Gasteiger partial charge in [0.15, 0.2) is 11.6 Å². The van der Waals surface area contributed by atoms with E-state index in [2.05, 4.69) is 4.72 Å². The first-order valence-corrected chi connectivity index (χ1v) is 10.5. The summed E-state index contributed by atoms with van der Waals surface area (Å²) in [4.78, 5) is 10.3. The van der Waals surface area contributed by atoms with Crippen LogP contribution in [0.5, 0.6) is 5.75 Å². The molecule has 2 saturated carbocycles. The van der Waals surface area contributed by atoms with Crippen molar-refractivity contribution in [2.45, 2.75) is 50.5 Å². The first-order chi connectivity index (χ1) is 11.9. The van der Waals surface area contributed by atoms with Gasteiger partial charge in [0, 0.05) is 6.42 Å². The summed E-state index contributed by atoms with van der Waals surface area (Å²) in [5.41, 5.74) is 0.102. The smallest absolute Gasteiger partial charge is 0.212 e. The number of benzene rings is 1. The van der Waals surface area contributed by atoms with Gasteiger partial charge >= 0.3 is 0 Å². The van der Waals surface area contributed by atoms with Crippen LogP contribution < -0.4 is 9.46 Å². The highest BCUT2D eigenvalue weighted by molar-refractivity contribution is 7.89. The monoisotopic (exact) mass is 369 g/mol. The van der Waals surface area contributed by atoms with Crippen molar-refractivity contribution in [2.24, 2.45) is 5.92 Å². The lowest BCUT2D eigenvalue weighted by Crippen LogP contribution is -2.36. The van der Waals surface area contributed by atoms with Crippen LogP contribution in [0.15, 0.2) is 18.2 Å². The summed E-state index contributed by atoms with van der Waals surface area (Å²) in [5.74, 6) is 0.287. The fraction of sp³-hybridized carbons (Fsp3) is 0.611. The zero-order valence-electron chi connectivity index (χ0n) is 14.2. The first kappa shape index (κ1) is 18.3. The molecule has 25 heavy (non-hydrogen) atoms. The Morgan fingerprint density at radius 3 is 2.68 bits per heavy atom. The Kier molecular flexibility index (Phi) is 5.43. The molecule has 0 bridgehead atoms. The SMILES string of the molecule is O=CCCCCS(=O)(=O)NC1(c2ccc(F)c(OCC3CC3)c2)CC1. The third-order valence-electron chi connectivity index (χ3n) is 4.74. The largest absolute Gasteiger partial charge is 0.490 e. The summed E-state index contributed by atoms with van der Waals surface area (Å²) in [5, 5.41) is 0. The van der Waals surface area contributed by atoms with E-state index in [9.17, 15) is 17.6 Å². The predicted molar refractivity (Wildman–Crippen MR) is 92.4 cm³/mol. The molecule has 2 aliphatic carbocycles. The number of hydrogen-bond donors (Lipinski definition) is 1. The predicted octanol–water partition coefficient (Wildman–Crippen LogP) is 2.89. The molecular formula is C18H24FNO4S. The van der Waals surface area contributed by atoms with Gasteiger partial charge in [0.1, 0.15) is 6.29 Å². The molecule has 5 nitrogen and oxygen atoms in total. The molecule has 0 radical (unpaired) electrons. The molecule has 0 heterocycles. The van der Waals surface area contributed by atoms with Crippen LogP contribution in [0.25, 0.3) is 0 Å². The Balaban J connectivity index is 1.65. The van der Waals surface area contributed by atoms with Crippen LogP contribution in [0, 0.1) is 11.7 Å². The second-order valence-electron chi connectivity index (χ2n) is 7.07. The fourth-order valence-electron chi connectivity index (χ4n) is 2.85. The molecule has 3 rings (SSSR count). The number of unbranched alkanes of at least 4 members (excludes halogenated alkanes) is 2. The molecule has 138 valence electrons. The molecular weight excluding hydrogens is 345 g/mol. The van der Waals surface area contributed by atoms with E-state index in [0.29, 0.717) is 44.6 Å². The molecule has 0 spiro atoms. The minimum atomic E-state index is -3.44. The van der Waals surface area contributed by atoms with Gasteiger partial charge in [-0.2, -0.15) is 0 Å². The zero-order chi connectivity index (χ0) is 17.9. The van der Waals surface area contributed by atoms with Crippen molar-refractivity contribution < 1.29 is 22.3 Å². The maximum Gasteiger partial charge on any atom is 0.212 e. The van der Waals surface area contributed by atoms with Crippen LogP contribution in [-0.4, -0.2) is 27.1 Å². The Bertz CT molecular complexity index is 727. The van der Waals surface area contributed by atoms with E-state index in [1.807, 2.05) is 0 Å². The molecule has 1 aromatic rings. The summed E-state index contributed by atoms with van der Waals surface area (Å²) in [7, 11) is -3.44. The highest BCUT2D eigenvalue weighted by atomic mass is 32.2. The van der Waals surface area contributed by atoms with Crippen molar-refractivity contribution in [3.63, 3.8) is 0 Å². The van der Waals surface area contributed by atoms with Crippen LogP contribution in [0.3, 0.4) is 0 Å². The topological polar surface area (TPSA) is 72.5 Å². The molecule has 1 N–H and O–H groups in total. The van der Waals surface area contributed by atoms with Crippen LogP contribution in [-0.2, 0) is 20.4 Å². The molecule has 7 heteroatoms. The molecule has 0 unspecified atom stereocenters. The maximum atomic E-state index is 13.9. The normalized spacial score (nSPS) is 18.8. The van der Waals surface area contributed by atoms with Crippen LogP contribution in [0.1, 0.15) is 50.5 Å². The maximum absolute atomic E-state index is 13.9. The van der Waals surface area contributed by atoms with Gasteiger partial charge in [-0.25, -0.2) is 17.5 Å². The average Bonchev–Trinajstić information content (AvgIpc) is 3.47. The number of carbonyl (C=O) groups is 1. The standard InChI is InChI=1S/C18H24FNO4S/c19-16-7-6-15(12-17(16)24-13-14-4-5-14)18(8-9-18)20-25(22,23)11-3-1-2-10-21/h6-7,10,12,14,20H,1-5,8-9,11,13H2. The number of rotatable bonds is 11. The fourth-order valence-corrected chi connectivity index (χ4v) is 4.45. The van der Waals surface area contributed by atoms with Crippen LogP contribution in [0.2, 0.25) is 0 Å². The van der Waals surface area contributed by atoms with Crippen molar-refractivity contribution in [2.75, 3.05) is 12.4 Å². The second kappa shape index (κ2) is 7.41. The Labute approximate surface area is 148 Å². The Morgan fingerprint density at radius 2 is 2.04 bits per heavy atom. The second-order valence-corrected chi connectivity index (χ2v) is 8.91. The first-order valence-electron chi connectivity index (χ1n) is 8.82. The number of nitrogens with one attached hydrogen (secondary N) is 1. The zero-order valence-corrected chi connectivity index (χ0v) is 15.0. The summed E-state index contributed by atoms with van der Waals surface area (Å²) >= 11 is 0. The number of halogens is 1. The summed E-state index contributed by atoms with van der Waals surface area (Å²) < 4.78 is 46.8. The van der Waals surface area contributed by atoms with Gasteiger partial charge in [-0.3, -0.25) is 0 Å². The Morgan fingerprint density at radius 1 is 1.28 bits per heavy atom. The van der Waals surface area contributed by atoms with E-state index in [-0.39, 0.29) is 11.5 Å². The van der Waals surface area contributed by atoms with E-state index < -0.39 is 21.4 Å². The lowest BCUT2D eigenvalue weighted by atomic mass is 10.1. The molecule has 0 aliphatic heterocycles. The van der Waals surface area contributed by atoms with Gasteiger partial charge in [0.25, 0.3) is 0 Å². The molecule has 0 aromatic heterocycles. The molecule has 2 aliphatic rings. The summed E-state index contributed by atoms with van der Waals surface area (Å²) in [6.45, 7) is 0.510. The number of hydrogen-bond acceptors (Lipinski definition) is 4. The van der Waals surface area contributed by atoms with Gasteiger partial charge in [-0.05, 0) is 62.1 Å². The van der Waals surface area contributed by atoms with Gasteiger partial charge < -0.3 is 9.53 Å². The van der Waals surface area contributed by atoms with Crippen molar-refractivity contribution >= 4 is 16.3 Å². The Hall–Kier alpha value is -1.47. The minimum absolute atomic E-state index is 0.00514. The van der Waals surface area contributed by atoms with Gasteiger partial charge in [-0.15, -0.1) is 0 Å². The van der Waals surface area contributed by atoms with Gasteiger partial charge in [0.05, 0.1) is 17.9 Å². The quantitative estimate of drug-likeness (QED) is 0.481. The van der Waals surface area contributed by atoms with Gasteiger partial charge in [0.2, 0.25) is 10.0 Å². The third-order valence-corrected chi connectivity index (χ3v) is 6.27. The summed E-state index contributed by atoms with van der Waals surface area (Å²) in [6, 6.07) is 4.59. The van der Waals surface area contributed by atoms with Crippen molar-refractivity contribution in [3.8, 4) is 5.75 Å². The third kappa shape index (κ3) is 5.01. The number of aldehydes is 1. The highest BCUT2D eigenvalue weighted by Crippen LogP contribution is 2.47. The van der Waals surface area contributed by atoms with Crippen molar-refractivity contribution in [1.82, 2.24) is 4.72 Å². The average molecular weight is 369 g/mol. The molecule has 1 aromatic carbocycles. The van der Waals surface area contributed by atoms with E-state index in [4.69, 9.17) is 4.74 Å². The molecule has 0 atom stereocenters.